The molecule has 2 heterocycles. The molecule has 1 amide bonds. The molecule has 156 valence electrons. The van der Waals surface area contributed by atoms with Crippen LogP contribution in [0.25, 0.3) is 11.1 Å². The first-order valence-corrected chi connectivity index (χ1v) is 10.6. The number of hydrogen-bond donors (Lipinski definition) is 0. The van der Waals surface area contributed by atoms with Crippen molar-refractivity contribution in [2.45, 2.75) is 51.0 Å². The van der Waals surface area contributed by atoms with Crippen LogP contribution in [0.5, 0.6) is 5.75 Å². The number of pyridine rings is 1. The molecular weight excluding hydrogens is 407 g/mol. The summed E-state index contributed by atoms with van der Waals surface area (Å²) in [6, 6.07) is 8.47. The van der Waals surface area contributed by atoms with Crippen LogP contribution in [0.2, 0.25) is 5.02 Å². The quantitative estimate of drug-likeness (QED) is 0.618. The number of ether oxygens (including phenoxy) is 1. The number of methoxy groups -OCH3 is 1. The number of hydrogen-bond acceptors (Lipinski definition) is 3. The second kappa shape index (κ2) is 9.82. The molecule has 2 fully saturated rings. The van der Waals surface area contributed by atoms with Crippen molar-refractivity contribution in [1.82, 2.24) is 9.88 Å². The van der Waals surface area contributed by atoms with E-state index in [9.17, 15) is 4.79 Å². The highest BCUT2D eigenvalue weighted by Gasteiger charge is 2.36. The average molecular weight is 435 g/mol. The number of likely N-dealkylation sites (tertiary alicyclic amines) is 1. The molecule has 1 unspecified atom stereocenters. The van der Waals surface area contributed by atoms with Crippen LogP contribution in [0.4, 0.5) is 0 Å². The van der Waals surface area contributed by atoms with E-state index in [0.29, 0.717) is 17.0 Å². The Morgan fingerprint density at radius 2 is 1.90 bits per heavy atom. The molecule has 2 aromatic rings. The molecule has 0 spiro atoms. The Labute approximate surface area is 184 Å². The van der Waals surface area contributed by atoms with Gasteiger partial charge in [-0.05, 0) is 48.9 Å². The van der Waals surface area contributed by atoms with Crippen LogP contribution >= 0.6 is 24.0 Å². The highest BCUT2D eigenvalue weighted by Crippen LogP contribution is 2.33. The maximum atomic E-state index is 12.9. The molecule has 0 radical (unpaired) electrons. The molecule has 1 aliphatic heterocycles. The molecule has 29 heavy (non-hydrogen) atoms. The number of rotatable bonds is 5. The van der Waals surface area contributed by atoms with E-state index in [4.69, 9.17) is 16.3 Å². The molecule has 2 aliphatic rings. The molecule has 1 saturated heterocycles. The number of halogens is 2. The Balaban J connectivity index is 0.00000240. The maximum absolute atomic E-state index is 12.9. The van der Waals surface area contributed by atoms with Crippen molar-refractivity contribution in [2.75, 3.05) is 13.7 Å². The maximum Gasteiger partial charge on any atom is 0.226 e. The summed E-state index contributed by atoms with van der Waals surface area (Å²) in [6.45, 7) is 0.902. The monoisotopic (exact) mass is 434 g/mol. The van der Waals surface area contributed by atoms with Gasteiger partial charge in [0.15, 0.2) is 0 Å². The van der Waals surface area contributed by atoms with Crippen molar-refractivity contribution in [2.24, 2.45) is 5.92 Å². The van der Waals surface area contributed by atoms with Gasteiger partial charge in [0.05, 0.1) is 13.3 Å². The normalized spacial score (nSPS) is 19.9. The predicted molar refractivity (Wildman–Crippen MR) is 119 cm³/mol. The van der Waals surface area contributed by atoms with Gasteiger partial charge in [0.25, 0.3) is 0 Å². The van der Waals surface area contributed by atoms with Crippen molar-refractivity contribution < 1.29 is 9.53 Å². The molecule has 4 rings (SSSR count). The minimum atomic E-state index is 0. The standard InChI is InChI=1S/C23H27ClN2O2.ClH/c1-28-21-12-19(14-25-15-21)16-7-8-17(22(24)13-16)11-18-9-10-26(23(18)27)20-5-3-2-4-6-20;/h7-8,12-15,18,20H,2-6,9-11H2,1H3;1H. The first-order valence-electron chi connectivity index (χ1n) is 10.2. The van der Waals surface area contributed by atoms with E-state index >= 15 is 0 Å². The largest absolute Gasteiger partial charge is 0.495 e. The van der Waals surface area contributed by atoms with Crippen molar-refractivity contribution in [3.05, 3.63) is 47.2 Å². The van der Waals surface area contributed by atoms with Crippen LogP contribution in [0.3, 0.4) is 0 Å². The molecule has 1 aliphatic carbocycles. The van der Waals surface area contributed by atoms with Crippen molar-refractivity contribution in [3.8, 4) is 16.9 Å². The minimum absolute atomic E-state index is 0. The minimum Gasteiger partial charge on any atom is -0.495 e. The lowest BCUT2D eigenvalue weighted by molar-refractivity contribution is -0.133. The molecule has 4 nitrogen and oxygen atoms in total. The fraction of sp³-hybridized carbons (Fsp3) is 0.478. The smallest absolute Gasteiger partial charge is 0.226 e. The number of amides is 1. The molecule has 1 atom stereocenters. The molecule has 1 aromatic heterocycles. The summed E-state index contributed by atoms with van der Waals surface area (Å²) in [4.78, 5) is 19.3. The van der Waals surface area contributed by atoms with Gasteiger partial charge in [-0.25, -0.2) is 0 Å². The van der Waals surface area contributed by atoms with Gasteiger partial charge in [0, 0.05) is 35.3 Å². The summed E-state index contributed by atoms with van der Waals surface area (Å²) in [6.07, 6.45) is 11.3. The Morgan fingerprint density at radius 1 is 1.10 bits per heavy atom. The first kappa shape index (κ1) is 21.9. The molecule has 6 heteroatoms. The van der Waals surface area contributed by atoms with Crippen LogP contribution in [0, 0.1) is 5.92 Å². The average Bonchev–Trinajstić information content (AvgIpc) is 3.10. The molecular formula is C23H28Cl2N2O2. The number of benzene rings is 1. The molecule has 0 bridgehead atoms. The third-order valence-electron chi connectivity index (χ3n) is 6.17. The fourth-order valence-corrected chi connectivity index (χ4v) is 4.81. The lowest BCUT2D eigenvalue weighted by Crippen LogP contribution is -2.39. The Morgan fingerprint density at radius 3 is 2.62 bits per heavy atom. The van der Waals surface area contributed by atoms with Gasteiger partial charge >= 0.3 is 0 Å². The number of carbonyl (C=O) groups is 1. The number of nitrogens with zero attached hydrogens (tertiary/aromatic N) is 2. The Kier molecular flexibility index (Phi) is 7.42. The molecule has 1 aromatic carbocycles. The first-order chi connectivity index (χ1) is 13.7. The summed E-state index contributed by atoms with van der Waals surface area (Å²) < 4.78 is 5.25. The van der Waals surface area contributed by atoms with Gasteiger partial charge in [-0.15, -0.1) is 12.4 Å². The second-order valence-electron chi connectivity index (χ2n) is 7.93. The van der Waals surface area contributed by atoms with Gasteiger partial charge in [0.2, 0.25) is 5.91 Å². The number of carbonyl (C=O) groups excluding carboxylic acids is 1. The van der Waals surface area contributed by atoms with Crippen LogP contribution < -0.4 is 4.74 Å². The summed E-state index contributed by atoms with van der Waals surface area (Å²) in [7, 11) is 1.63. The topological polar surface area (TPSA) is 42.4 Å². The number of aromatic nitrogens is 1. The van der Waals surface area contributed by atoms with Crippen LogP contribution in [-0.4, -0.2) is 35.5 Å². The summed E-state index contributed by atoms with van der Waals surface area (Å²) in [5.41, 5.74) is 3.01. The van der Waals surface area contributed by atoms with E-state index in [1.54, 1.807) is 19.5 Å². The second-order valence-corrected chi connectivity index (χ2v) is 8.34. The van der Waals surface area contributed by atoms with E-state index in [-0.39, 0.29) is 18.3 Å². The van der Waals surface area contributed by atoms with Crippen LogP contribution in [0.1, 0.15) is 44.1 Å². The zero-order valence-electron chi connectivity index (χ0n) is 16.8. The summed E-state index contributed by atoms with van der Waals surface area (Å²) in [5, 5.41) is 0.712. The van der Waals surface area contributed by atoms with E-state index in [1.165, 1.54) is 32.1 Å². The third kappa shape index (κ3) is 4.87. The Hall–Kier alpha value is -1.78. The predicted octanol–water partition coefficient (Wildman–Crippen LogP) is 5.56. The zero-order valence-corrected chi connectivity index (χ0v) is 18.3. The van der Waals surface area contributed by atoms with Gasteiger partial charge < -0.3 is 9.64 Å². The molecule has 1 saturated carbocycles. The fourth-order valence-electron chi connectivity index (χ4n) is 4.55. The van der Waals surface area contributed by atoms with Crippen molar-refractivity contribution in [3.63, 3.8) is 0 Å². The SMILES string of the molecule is COc1cncc(-c2ccc(CC3CCN(C4CCCCC4)C3=O)c(Cl)c2)c1.Cl. The van der Waals surface area contributed by atoms with E-state index in [0.717, 1.165) is 41.8 Å². The summed E-state index contributed by atoms with van der Waals surface area (Å²) in [5.74, 6) is 1.10. The van der Waals surface area contributed by atoms with Crippen LogP contribution in [-0.2, 0) is 11.2 Å². The highest BCUT2D eigenvalue weighted by molar-refractivity contribution is 6.31. The van der Waals surface area contributed by atoms with Crippen LogP contribution in [0.15, 0.2) is 36.7 Å². The zero-order chi connectivity index (χ0) is 19.5. The lowest BCUT2D eigenvalue weighted by atomic mass is 9.93. The van der Waals surface area contributed by atoms with E-state index < -0.39 is 0 Å². The lowest BCUT2D eigenvalue weighted by Gasteiger charge is -2.31. The van der Waals surface area contributed by atoms with Gasteiger partial charge in [0.1, 0.15) is 5.75 Å². The van der Waals surface area contributed by atoms with Crippen molar-refractivity contribution >= 4 is 29.9 Å². The van der Waals surface area contributed by atoms with Gasteiger partial charge in [-0.1, -0.05) is 43.0 Å². The van der Waals surface area contributed by atoms with Crippen molar-refractivity contribution in [1.29, 1.82) is 0 Å². The highest BCUT2D eigenvalue weighted by atomic mass is 35.5. The van der Waals surface area contributed by atoms with E-state index in [1.807, 2.05) is 18.2 Å². The van der Waals surface area contributed by atoms with Gasteiger partial charge in [-0.3, -0.25) is 9.78 Å². The third-order valence-corrected chi connectivity index (χ3v) is 6.52. The van der Waals surface area contributed by atoms with E-state index in [2.05, 4.69) is 16.0 Å². The molecule has 0 N–H and O–H groups in total. The van der Waals surface area contributed by atoms with Gasteiger partial charge in [-0.2, -0.15) is 0 Å². The summed E-state index contributed by atoms with van der Waals surface area (Å²) >= 11 is 6.59. The Bertz CT molecular complexity index is 853.